The van der Waals surface area contributed by atoms with Crippen LogP contribution in [-0.2, 0) is 30.7 Å². The van der Waals surface area contributed by atoms with Crippen LogP contribution >= 0.6 is 0 Å². The van der Waals surface area contributed by atoms with E-state index in [0.717, 1.165) is 87.0 Å². The van der Waals surface area contributed by atoms with Gasteiger partial charge in [0.1, 0.15) is 0 Å². The number of hydrogen-bond acceptors (Lipinski definition) is 5. The summed E-state index contributed by atoms with van der Waals surface area (Å²) in [5.41, 5.74) is 9.92. The van der Waals surface area contributed by atoms with Crippen LogP contribution in [0.4, 0.5) is 11.4 Å². The maximum absolute atomic E-state index is 13.2. The minimum atomic E-state index is -0.122. The molecule has 0 spiro atoms. The molecule has 3 N–H and O–H groups in total. The van der Waals surface area contributed by atoms with Crippen molar-refractivity contribution in [2.75, 3.05) is 36.8 Å². The van der Waals surface area contributed by atoms with E-state index in [0.29, 0.717) is 12.1 Å². The highest BCUT2D eigenvalue weighted by atomic mass is 16.2. The van der Waals surface area contributed by atoms with E-state index in [1.165, 1.54) is 51.6 Å². The first-order chi connectivity index (χ1) is 25.6. The lowest BCUT2D eigenvalue weighted by atomic mass is 9.92. The number of aryl methyl sites for hydroxylation is 2. The van der Waals surface area contributed by atoms with Gasteiger partial charge in [0.2, 0.25) is 5.91 Å². The molecule has 266 valence electrons. The number of nitrogens with one attached hydrogen (secondary N) is 3. The third-order valence-electron chi connectivity index (χ3n) is 11.0. The highest BCUT2D eigenvalue weighted by Crippen LogP contribution is 2.34. The maximum Gasteiger partial charge on any atom is 0.255 e. The number of nitrogens with zero attached hydrogens (tertiary/aromatic N) is 3. The van der Waals surface area contributed by atoms with E-state index < -0.39 is 0 Å². The largest absolute Gasteiger partial charge is 0.384 e. The van der Waals surface area contributed by atoms with Crippen LogP contribution in [0.15, 0.2) is 91.0 Å². The zero-order chi connectivity index (χ0) is 35.4. The molecule has 8 nitrogen and oxygen atoms in total. The van der Waals surface area contributed by atoms with Gasteiger partial charge < -0.3 is 20.5 Å². The van der Waals surface area contributed by atoms with Gasteiger partial charge in [-0.3, -0.25) is 19.5 Å². The second kappa shape index (κ2) is 15.2. The number of benzene rings is 4. The molecule has 3 heterocycles. The third-order valence-corrected chi connectivity index (χ3v) is 11.0. The van der Waals surface area contributed by atoms with E-state index in [4.69, 9.17) is 4.98 Å². The number of carbonyl (C=O) groups excluding carboxylic acids is 2. The number of pyridine rings is 1. The topological polar surface area (TPSA) is 91.3 Å². The van der Waals surface area contributed by atoms with Crippen molar-refractivity contribution in [3.8, 4) is 0 Å². The third kappa shape index (κ3) is 7.00. The van der Waals surface area contributed by atoms with Crippen molar-refractivity contribution in [1.29, 1.82) is 0 Å². The minimum absolute atomic E-state index is 0.0153. The normalized spacial score (nSPS) is 16.0. The number of unbranched alkanes of at least 4 members (excludes halogenated alkanes) is 1. The van der Waals surface area contributed by atoms with E-state index in [-0.39, 0.29) is 17.7 Å². The molecular formula is C44H48N6O2. The summed E-state index contributed by atoms with van der Waals surface area (Å²) in [7, 11) is 0. The summed E-state index contributed by atoms with van der Waals surface area (Å²) >= 11 is 0. The first kappa shape index (κ1) is 33.9. The Morgan fingerprint density at radius 1 is 0.827 bits per heavy atom. The average molecular weight is 693 g/mol. The molecule has 1 aliphatic carbocycles. The van der Waals surface area contributed by atoms with Crippen molar-refractivity contribution in [3.05, 3.63) is 113 Å². The van der Waals surface area contributed by atoms with Gasteiger partial charge in [0.25, 0.3) is 5.91 Å². The van der Waals surface area contributed by atoms with E-state index in [9.17, 15) is 9.59 Å². The molecule has 2 amide bonds. The predicted octanol–water partition coefficient (Wildman–Crippen LogP) is 8.32. The maximum atomic E-state index is 13.2. The Labute approximate surface area is 305 Å². The molecule has 4 aromatic carbocycles. The van der Waals surface area contributed by atoms with Gasteiger partial charge in [0.15, 0.2) is 0 Å². The minimum Gasteiger partial charge on any atom is -0.384 e. The second-order valence-electron chi connectivity index (χ2n) is 14.4. The molecule has 1 atom stereocenters. The Bertz CT molecular complexity index is 2240. The second-order valence-corrected chi connectivity index (χ2v) is 14.4. The summed E-state index contributed by atoms with van der Waals surface area (Å²) in [6, 6.07) is 30.8. The summed E-state index contributed by atoms with van der Waals surface area (Å²) in [6.45, 7) is 7.05. The van der Waals surface area contributed by atoms with E-state index >= 15 is 0 Å². The fourth-order valence-corrected chi connectivity index (χ4v) is 8.28. The van der Waals surface area contributed by atoms with Crippen LogP contribution in [0.2, 0.25) is 0 Å². The zero-order valence-electron chi connectivity index (χ0n) is 30.1. The first-order valence-electron chi connectivity index (χ1n) is 19.1. The quantitative estimate of drug-likeness (QED) is 0.112. The highest BCUT2D eigenvalue weighted by Gasteiger charge is 2.28. The van der Waals surface area contributed by atoms with Crippen molar-refractivity contribution in [2.45, 2.75) is 65.0 Å². The van der Waals surface area contributed by atoms with Gasteiger partial charge in [-0.25, -0.2) is 0 Å². The summed E-state index contributed by atoms with van der Waals surface area (Å²) in [5.74, 6) is 0.0549. The Balaban J connectivity index is 0.782. The summed E-state index contributed by atoms with van der Waals surface area (Å²) in [5, 5.41) is 13.6. The number of amides is 2. The Morgan fingerprint density at radius 3 is 2.46 bits per heavy atom. The lowest BCUT2D eigenvalue weighted by Crippen LogP contribution is -2.33. The molecule has 6 aromatic rings. The summed E-state index contributed by atoms with van der Waals surface area (Å²) < 4.78 is 2.31. The summed E-state index contributed by atoms with van der Waals surface area (Å²) in [4.78, 5) is 33.5. The van der Waals surface area contributed by atoms with Crippen LogP contribution in [0.25, 0.3) is 32.7 Å². The van der Waals surface area contributed by atoms with Gasteiger partial charge in [-0.15, -0.1) is 0 Å². The van der Waals surface area contributed by atoms with E-state index in [2.05, 4.69) is 93.0 Å². The molecule has 8 rings (SSSR count). The van der Waals surface area contributed by atoms with Crippen molar-refractivity contribution >= 4 is 55.9 Å². The SMILES string of the molecule is CCn1c2ccccc2c2cc(NC(=O)c3ccc(CN4CCC(C(=O)NCCCCNc5c6c(nc7ccccc57)CCCC6)C4)cc3)ccc21. The smallest absolute Gasteiger partial charge is 0.255 e. The Morgan fingerprint density at radius 2 is 1.60 bits per heavy atom. The van der Waals surface area contributed by atoms with Crippen molar-refractivity contribution in [1.82, 2.24) is 19.8 Å². The lowest BCUT2D eigenvalue weighted by Gasteiger charge is -2.21. The van der Waals surface area contributed by atoms with Gasteiger partial charge in [-0.2, -0.15) is 0 Å². The highest BCUT2D eigenvalue weighted by molar-refractivity contribution is 6.11. The first-order valence-corrected chi connectivity index (χ1v) is 19.1. The molecular weight excluding hydrogens is 645 g/mol. The number of anilines is 2. The monoisotopic (exact) mass is 692 g/mol. The van der Waals surface area contributed by atoms with E-state index in [1.54, 1.807) is 0 Å². The standard InChI is InChI=1S/C44H48N6O2/c1-2-50-40-16-8-5-11-34(40)37-27-33(21-22-41(37)50)47-44(52)31-19-17-30(18-20-31)28-49-26-23-32(29-49)43(51)46-25-10-9-24-45-42-35-12-3-6-14-38(35)48-39-15-7-4-13-36(39)42/h3,5-6,8,11-12,14,16-22,27,32H,2,4,7,9-10,13,15,23-26,28-29H2,1H3,(H,45,48)(H,46,51)(H,47,52). The molecule has 8 heteroatoms. The molecule has 1 unspecified atom stereocenters. The van der Waals surface area contributed by atoms with Crippen LogP contribution in [0.3, 0.4) is 0 Å². The molecule has 1 saturated heterocycles. The molecule has 1 aliphatic heterocycles. The fourth-order valence-electron chi connectivity index (χ4n) is 8.28. The molecule has 2 aliphatic rings. The molecule has 1 fully saturated rings. The van der Waals surface area contributed by atoms with Crippen LogP contribution < -0.4 is 16.0 Å². The van der Waals surface area contributed by atoms with Crippen molar-refractivity contribution < 1.29 is 9.59 Å². The molecule has 52 heavy (non-hydrogen) atoms. The van der Waals surface area contributed by atoms with Crippen LogP contribution in [-0.4, -0.2) is 52.4 Å². The summed E-state index contributed by atoms with van der Waals surface area (Å²) in [6.07, 6.45) is 7.41. The predicted molar refractivity (Wildman–Crippen MR) is 212 cm³/mol. The van der Waals surface area contributed by atoms with Gasteiger partial charge >= 0.3 is 0 Å². The molecule has 2 aromatic heterocycles. The fraction of sp³-hybridized carbons (Fsp3) is 0.341. The number of rotatable bonds is 12. The number of para-hydroxylation sites is 2. The zero-order valence-corrected chi connectivity index (χ0v) is 30.1. The van der Waals surface area contributed by atoms with Gasteiger partial charge in [0, 0.05) is 82.5 Å². The van der Waals surface area contributed by atoms with Crippen molar-refractivity contribution in [3.63, 3.8) is 0 Å². The van der Waals surface area contributed by atoms with Crippen LogP contribution in [0.5, 0.6) is 0 Å². The number of fused-ring (bicyclic) bond motifs is 5. The van der Waals surface area contributed by atoms with Crippen molar-refractivity contribution in [2.24, 2.45) is 5.92 Å². The molecule has 0 radical (unpaired) electrons. The average Bonchev–Trinajstić information content (AvgIpc) is 3.78. The molecule has 0 saturated carbocycles. The van der Waals surface area contributed by atoms with Gasteiger partial charge in [-0.1, -0.05) is 48.5 Å². The Kier molecular flexibility index (Phi) is 9.90. The molecule has 0 bridgehead atoms. The van der Waals surface area contributed by atoms with Gasteiger partial charge in [-0.05, 0) is 112 Å². The van der Waals surface area contributed by atoms with Crippen LogP contribution in [0.1, 0.15) is 66.2 Å². The van der Waals surface area contributed by atoms with E-state index in [1.807, 2.05) is 30.3 Å². The number of likely N-dealkylation sites (tertiary alicyclic amines) is 1. The number of aromatic nitrogens is 2. The Hall–Kier alpha value is -5.21. The number of hydrogen-bond donors (Lipinski definition) is 3. The van der Waals surface area contributed by atoms with Gasteiger partial charge in [0.05, 0.1) is 11.4 Å². The number of carbonyl (C=O) groups is 2. The lowest BCUT2D eigenvalue weighted by molar-refractivity contribution is -0.124. The van der Waals surface area contributed by atoms with Crippen LogP contribution in [0, 0.1) is 5.92 Å².